The van der Waals surface area contributed by atoms with Crippen LogP contribution in [0.25, 0.3) is 0 Å². The lowest BCUT2D eigenvalue weighted by molar-refractivity contribution is -0.125. The smallest absolute Gasteiger partial charge is 0.235 e. The van der Waals surface area contributed by atoms with Gasteiger partial charge in [-0.25, -0.2) is 0 Å². The van der Waals surface area contributed by atoms with E-state index in [1.54, 1.807) is 0 Å². The second-order valence-electron chi connectivity index (χ2n) is 4.19. The van der Waals surface area contributed by atoms with Crippen molar-refractivity contribution in [3.05, 3.63) is 0 Å². The van der Waals surface area contributed by atoms with Crippen LogP contribution in [0.4, 0.5) is 0 Å². The first-order valence-corrected chi connectivity index (χ1v) is 5.16. The monoisotopic (exact) mass is 184 g/mol. The number of amides is 1. The summed E-state index contributed by atoms with van der Waals surface area (Å²) in [5, 5.41) is 0. The van der Waals surface area contributed by atoms with E-state index in [0.717, 1.165) is 13.1 Å². The molecule has 76 valence electrons. The van der Waals surface area contributed by atoms with Crippen molar-refractivity contribution in [1.29, 1.82) is 0 Å². The quantitative estimate of drug-likeness (QED) is 0.710. The number of rotatable bonds is 3. The van der Waals surface area contributed by atoms with Crippen LogP contribution in [0.15, 0.2) is 0 Å². The number of primary amides is 1. The second kappa shape index (κ2) is 4.61. The zero-order valence-corrected chi connectivity index (χ0v) is 8.62. The molecule has 1 aliphatic heterocycles. The summed E-state index contributed by atoms with van der Waals surface area (Å²) in [7, 11) is 0. The van der Waals surface area contributed by atoms with E-state index in [0.29, 0.717) is 5.92 Å². The number of hydrogen-bond acceptors (Lipinski definition) is 2. The van der Waals surface area contributed by atoms with Gasteiger partial charge in [0.05, 0.1) is 6.04 Å². The first-order chi connectivity index (χ1) is 6.13. The van der Waals surface area contributed by atoms with Gasteiger partial charge < -0.3 is 5.73 Å². The fourth-order valence-corrected chi connectivity index (χ4v) is 2.13. The Labute approximate surface area is 80.3 Å². The summed E-state index contributed by atoms with van der Waals surface area (Å²) in [6.07, 6.45) is 3.70. The summed E-state index contributed by atoms with van der Waals surface area (Å²) in [5.41, 5.74) is 5.39. The maximum atomic E-state index is 11.2. The van der Waals surface area contributed by atoms with Crippen molar-refractivity contribution in [2.75, 3.05) is 13.1 Å². The zero-order chi connectivity index (χ0) is 9.84. The average Bonchev–Trinajstić information content (AvgIpc) is 2.04. The normalized spacial score (nSPS) is 21.8. The van der Waals surface area contributed by atoms with E-state index >= 15 is 0 Å². The molecule has 0 saturated carbocycles. The minimum absolute atomic E-state index is 0.0553. The molecule has 1 rings (SSSR count). The summed E-state index contributed by atoms with van der Waals surface area (Å²) in [5.74, 6) is 0.160. The van der Waals surface area contributed by atoms with Crippen LogP contribution in [0.2, 0.25) is 0 Å². The molecule has 1 heterocycles. The number of likely N-dealkylation sites (tertiary alicyclic amines) is 1. The summed E-state index contributed by atoms with van der Waals surface area (Å²) in [6.45, 7) is 6.19. The van der Waals surface area contributed by atoms with Crippen molar-refractivity contribution >= 4 is 5.91 Å². The van der Waals surface area contributed by atoms with Gasteiger partial charge in [-0.15, -0.1) is 0 Å². The maximum absolute atomic E-state index is 11.2. The Bertz CT molecular complexity index is 174. The van der Waals surface area contributed by atoms with E-state index < -0.39 is 0 Å². The van der Waals surface area contributed by atoms with Gasteiger partial charge >= 0.3 is 0 Å². The van der Waals surface area contributed by atoms with E-state index in [1.807, 2.05) is 0 Å². The number of hydrogen-bond donors (Lipinski definition) is 1. The largest absolute Gasteiger partial charge is 0.368 e. The molecule has 1 saturated heterocycles. The average molecular weight is 184 g/mol. The van der Waals surface area contributed by atoms with Crippen LogP contribution >= 0.6 is 0 Å². The third kappa shape index (κ3) is 2.69. The number of nitrogens with two attached hydrogens (primary N) is 1. The van der Waals surface area contributed by atoms with Crippen molar-refractivity contribution in [3.8, 4) is 0 Å². The summed E-state index contributed by atoms with van der Waals surface area (Å²) in [4.78, 5) is 13.5. The van der Waals surface area contributed by atoms with Gasteiger partial charge in [0.1, 0.15) is 0 Å². The van der Waals surface area contributed by atoms with Gasteiger partial charge in [0, 0.05) is 0 Å². The van der Waals surface area contributed by atoms with Gasteiger partial charge in [0.15, 0.2) is 0 Å². The van der Waals surface area contributed by atoms with Gasteiger partial charge in [-0.1, -0.05) is 20.3 Å². The Morgan fingerprint density at radius 2 is 1.77 bits per heavy atom. The van der Waals surface area contributed by atoms with Crippen LogP contribution in [-0.2, 0) is 4.79 Å². The minimum atomic E-state index is -0.170. The fourth-order valence-electron chi connectivity index (χ4n) is 2.13. The highest BCUT2D eigenvalue weighted by molar-refractivity contribution is 5.80. The van der Waals surface area contributed by atoms with Gasteiger partial charge in [-0.3, -0.25) is 9.69 Å². The molecule has 3 heteroatoms. The molecule has 0 bridgehead atoms. The molecule has 0 aliphatic carbocycles. The first-order valence-electron chi connectivity index (χ1n) is 5.16. The predicted molar refractivity (Wildman–Crippen MR) is 53.2 cm³/mol. The van der Waals surface area contributed by atoms with Crippen LogP contribution in [0.5, 0.6) is 0 Å². The summed E-state index contributed by atoms with van der Waals surface area (Å²) >= 11 is 0. The van der Waals surface area contributed by atoms with Crippen molar-refractivity contribution in [3.63, 3.8) is 0 Å². The Hall–Kier alpha value is -0.570. The summed E-state index contributed by atoms with van der Waals surface area (Å²) in [6, 6.07) is -0.0553. The highest BCUT2D eigenvalue weighted by Gasteiger charge is 2.27. The molecule has 1 atom stereocenters. The molecule has 3 nitrogen and oxygen atoms in total. The molecular weight excluding hydrogens is 164 g/mol. The Balaban J connectivity index is 2.57. The molecule has 0 radical (unpaired) electrons. The van der Waals surface area contributed by atoms with Gasteiger partial charge in [-0.05, 0) is 31.8 Å². The van der Waals surface area contributed by atoms with E-state index in [1.165, 1.54) is 19.3 Å². The zero-order valence-electron chi connectivity index (χ0n) is 8.62. The van der Waals surface area contributed by atoms with Gasteiger partial charge in [0.25, 0.3) is 0 Å². The lowest BCUT2D eigenvalue weighted by Gasteiger charge is -2.34. The predicted octanol–water partition coefficient (Wildman–Crippen LogP) is 0.982. The van der Waals surface area contributed by atoms with Crippen molar-refractivity contribution in [2.45, 2.75) is 39.2 Å². The van der Waals surface area contributed by atoms with Crippen molar-refractivity contribution in [2.24, 2.45) is 11.7 Å². The van der Waals surface area contributed by atoms with Crippen LogP contribution in [-0.4, -0.2) is 29.9 Å². The molecule has 1 aliphatic rings. The topological polar surface area (TPSA) is 46.3 Å². The van der Waals surface area contributed by atoms with Gasteiger partial charge in [0.2, 0.25) is 5.91 Å². The minimum Gasteiger partial charge on any atom is -0.368 e. The molecular formula is C10H20N2O. The van der Waals surface area contributed by atoms with Crippen LogP contribution < -0.4 is 5.73 Å². The molecule has 1 amide bonds. The lowest BCUT2D eigenvalue weighted by atomic mass is 9.99. The molecule has 0 aromatic heterocycles. The molecule has 13 heavy (non-hydrogen) atoms. The van der Waals surface area contributed by atoms with E-state index in [2.05, 4.69) is 18.7 Å². The lowest BCUT2D eigenvalue weighted by Crippen LogP contribution is -2.49. The van der Waals surface area contributed by atoms with Crippen molar-refractivity contribution < 1.29 is 4.79 Å². The Morgan fingerprint density at radius 1 is 1.23 bits per heavy atom. The van der Waals surface area contributed by atoms with E-state index in [4.69, 9.17) is 5.73 Å². The highest BCUT2D eigenvalue weighted by atomic mass is 16.1. The molecule has 0 spiro atoms. The second-order valence-corrected chi connectivity index (χ2v) is 4.19. The first kappa shape index (κ1) is 10.5. The van der Waals surface area contributed by atoms with E-state index in [9.17, 15) is 4.79 Å². The Kier molecular flexibility index (Phi) is 3.72. The maximum Gasteiger partial charge on any atom is 0.235 e. The summed E-state index contributed by atoms with van der Waals surface area (Å²) < 4.78 is 0. The number of carbonyl (C=O) groups excluding carboxylic acids is 1. The number of piperidine rings is 1. The van der Waals surface area contributed by atoms with Gasteiger partial charge in [-0.2, -0.15) is 0 Å². The number of nitrogens with zero attached hydrogens (tertiary/aromatic N) is 1. The number of carbonyl (C=O) groups is 1. The molecule has 1 fully saturated rings. The van der Waals surface area contributed by atoms with Crippen LogP contribution in [0, 0.1) is 5.92 Å². The van der Waals surface area contributed by atoms with Crippen LogP contribution in [0.1, 0.15) is 33.1 Å². The SMILES string of the molecule is CC(C)C(C(N)=O)N1CCCCC1. The molecule has 0 aromatic rings. The molecule has 0 aromatic carbocycles. The fraction of sp³-hybridized carbons (Fsp3) is 0.900. The molecule has 2 N–H and O–H groups in total. The third-order valence-electron chi connectivity index (χ3n) is 2.71. The standard InChI is InChI=1S/C10H20N2O/c1-8(2)9(10(11)13)12-6-4-3-5-7-12/h8-9H,3-7H2,1-2H3,(H2,11,13). The van der Waals surface area contributed by atoms with Crippen LogP contribution in [0.3, 0.4) is 0 Å². The molecule has 1 unspecified atom stereocenters. The highest BCUT2D eigenvalue weighted by Crippen LogP contribution is 2.16. The van der Waals surface area contributed by atoms with Crippen molar-refractivity contribution in [1.82, 2.24) is 4.90 Å². The van der Waals surface area contributed by atoms with E-state index in [-0.39, 0.29) is 11.9 Å². The third-order valence-corrected chi connectivity index (χ3v) is 2.71. The Morgan fingerprint density at radius 3 is 2.15 bits per heavy atom.